The number of rotatable bonds is 6. The summed E-state index contributed by atoms with van der Waals surface area (Å²) in [7, 11) is -2.87. The fourth-order valence-electron chi connectivity index (χ4n) is 7.60. The molecule has 1 saturated carbocycles. The maximum Gasteiger partial charge on any atom is 0.266 e. The zero-order valence-electron chi connectivity index (χ0n) is 30.2. The molecule has 4 atom stereocenters. The summed E-state index contributed by atoms with van der Waals surface area (Å²) < 4.78 is 41.5. The number of para-hydroxylation sites is 1. The molecule has 1 aromatic heterocycles. The third-order valence-corrected chi connectivity index (χ3v) is 11.9. The average molecular weight is 754 g/mol. The van der Waals surface area contributed by atoms with Crippen LogP contribution in [0.1, 0.15) is 58.3 Å². The van der Waals surface area contributed by atoms with Gasteiger partial charge in [0.15, 0.2) is 0 Å². The van der Waals surface area contributed by atoms with Crippen LogP contribution in [0.4, 0.5) is 5.69 Å². The van der Waals surface area contributed by atoms with Crippen LogP contribution in [-0.2, 0) is 29.2 Å². The molecule has 1 aliphatic carbocycles. The summed E-state index contributed by atoms with van der Waals surface area (Å²) in [6.07, 6.45) is 3.59. The molecule has 54 heavy (non-hydrogen) atoms. The minimum atomic E-state index is -4.45. The summed E-state index contributed by atoms with van der Waals surface area (Å²) in [4.78, 5) is 59.8. The molecule has 4 aromatic rings. The number of methoxy groups -OCH3 is 1. The Morgan fingerprint density at radius 3 is 2.50 bits per heavy atom. The van der Waals surface area contributed by atoms with Gasteiger partial charge in [-0.15, -0.1) is 0 Å². The first-order chi connectivity index (χ1) is 26.0. The standard InChI is InChI=1S/C40H43N5O8S/c1-25(46)45-24-29(53-35-22-32(26-12-6-5-7-13-26)41-33-20-28(52-2)18-19-30(33)35)21-34(45)38(48)43-40-23-27(40)14-8-3-4-9-17-37(47)42-31-15-10-11-16-36(31)54(50,51)44-39(40)49/h5-7,10-13,15-16,18-20,22,27,29,34H,3-4,8-9,14,17,21,23-24H2,1-2H3,(H,42,47)(H,43,48)(H,44,49)/t27-,29-,34+,40-/m1/s1. The lowest BCUT2D eigenvalue weighted by Crippen LogP contribution is -2.56. The number of amides is 4. The smallest absolute Gasteiger partial charge is 0.266 e. The van der Waals surface area contributed by atoms with Gasteiger partial charge in [-0.05, 0) is 49.4 Å². The van der Waals surface area contributed by atoms with Gasteiger partial charge in [-0.2, -0.15) is 0 Å². The molecule has 0 bridgehead atoms. The topological polar surface area (TPSA) is 173 Å². The van der Waals surface area contributed by atoms with Crippen LogP contribution in [0.5, 0.6) is 11.5 Å². The molecule has 4 amide bonds. The maximum atomic E-state index is 14.2. The third kappa shape index (κ3) is 7.61. The first kappa shape index (κ1) is 36.8. The first-order valence-corrected chi connectivity index (χ1v) is 19.7. The van der Waals surface area contributed by atoms with Gasteiger partial charge in [-0.3, -0.25) is 19.2 Å². The van der Waals surface area contributed by atoms with Gasteiger partial charge in [0.05, 0.1) is 30.6 Å². The molecule has 2 fully saturated rings. The number of nitrogens with zero attached hydrogens (tertiary/aromatic N) is 2. The zero-order chi connectivity index (χ0) is 38.0. The second-order valence-electron chi connectivity index (χ2n) is 14.2. The van der Waals surface area contributed by atoms with Crippen molar-refractivity contribution in [1.82, 2.24) is 19.9 Å². The minimum absolute atomic E-state index is 0.0641. The third-order valence-electron chi connectivity index (χ3n) is 10.6. The molecule has 3 heterocycles. The Morgan fingerprint density at radius 2 is 1.72 bits per heavy atom. The van der Waals surface area contributed by atoms with Crippen molar-refractivity contribution in [2.75, 3.05) is 19.0 Å². The van der Waals surface area contributed by atoms with Gasteiger partial charge in [0.1, 0.15) is 34.1 Å². The molecule has 2 aliphatic heterocycles. The molecule has 1 saturated heterocycles. The molecule has 14 heteroatoms. The Bertz CT molecular complexity index is 2210. The number of carbonyl (C=O) groups excluding carboxylic acids is 4. The van der Waals surface area contributed by atoms with Gasteiger partial charge in [-0.25, -0.2) is 18.1 Å². The fraction of sp³-hybridized carbons (Fsp3) is 0.375. The predicted molar refractivity (Wildman–Crippen MR) is 201 cm³/mol. The molecule has 0 unspecified atom stereocenters. The lowest BCUT2D eigenvalue weighted by atomic mass is 10.0. The summed E-state index contributed by atoms with van der Waals surface area (Å²) in [6, 6.07) is 21.9. The van der Waals surface area contributed by atoms with Crippen LogP contribution in [0.25, 0.3) is 22.2 Å². The van der Waals surface area contributed by atoms with E-state index in [4.69, 9.17) is 14.5 Å². The van der Waals surface area contributed by atoms with Crippen molar-refractivity contribution in [2.24, 2.45) is 5.92 Å². The van der Waals surface area contributed by atoms with Crippen LogP contribution >= 0.6 is 0 Å². The summed E-state index contributed by atoms with van der Waals surface area (Å²) in [5.74, 6) is -1.23. The average Bonchev–Trinajstić information content (AvgIpc) is 3.68. The fourth-order valence-corrected chi connectivity index (χ4v) is 8.80. The van der Waals surface area contributed by atoms with E-state index in [-0.39, 0.29) is 54.1 Å². The monoisotopic (exact) mass is 753 g/mol. The number of benzene rings is 3. The summed E-state index contributed by atoms with van der Waals surface area (Å²) in [5, 5.41) is 6.30. The van der Waals surface area contributed by atoms with Crippen molar-refractivity contribution in [1.29, 1.82) is 0 Å². The Labute approximate surface area is 313 Å². The molecular formula is C40H43N5O8S. The van der Waals surface area contributed by atoms with Crippen molar-refractivity contribution in [2.45, 2.75) is 80.9 Å². The first-order valence-electron chi connectivity index (χ1n) is 18.2. The molecule has 13 nitrogen and oxygen atoms in total. The van der Waals surface area contributed by atoms with E-state index in [1.165, 1.54) is 30.0 Å². The van der Waals surface area contributed by atoms with E-state index in [0.717, 1.165) is 30.2 Å². The second-order valence-corrected chi connectivity index (χ2v) is 15.9. The molecule has 3 N–H and O–H groups in total. The summed E-state index contributed by atoms with van der Waals surface area (Å²) in [6.45, 7) is 1.50. The number of anilines is 1. The van der Waals surface area contributed by atoms with Crippen molar-refractivity contribution >= 4 is 50.2 Å². The van der Waals surface area contributed by atoms with Crippen molar-refractivity contribution in [3.8, 4) is 22.8 Å². The van der Waals surface area contributed by atoms with Gasteiger partial charge < -0.3 is 25.0 Å². The van der Waals surface area contributed by atoms with Crippen LogP contribution < -0.4 is 24.8 Å². The van der Waals surface area contributed by atoms with E-state index in [2.05, 4.69) is 15.4 Å². The number of aromatic nitrogens is 1. The number of carbonyl (C=O) groups is 4. The highest BCUT2D eigenvalue weighted by Gasteiger charge is 2.62. The van der Waals surface area contributed by atoms with Gasteiger partial charge in [0, 0.05) is 42.8 Å². The second kappa shape index (κ2) is 15.1. The molecular weight excluding hydrogens is 711 g/mol. The van der Waals surface area contributed by atoms with Gasteiger partial charge in [0.2, 0.25) is 17.7 Å². The summed E-state index contributed by atoms with van der Waals surface area (Å²) >= 11 is 0. The molecule has 0 radical (unpaired) electrons. The van der Waals surface area contributed by atoms with E-state index >= 15 is 0 Å². The molecule has 3 aliphatic rings. The van der Waals surface area contributed by atoms with Gasteiger partial charge in [-0.1, -0.05) is 61.7 Å². The highest BCUT2D eigenvalue weighted by Crippen LogP contribution is 2.48. The Hall–Kier alpha value is -5.50. The Morgan fingerprint density at radius 1 is 0.963 bits per heavy atom. The highest BCUT2D eigenvalue weighted by molar-refractivity contribution is 7.90. The number of fused-ring (bicyclic) bond motifs is 3. The molecule has 7 rings (SSSR count). The number of pyridine rings is 1. The minimum Gasteiger partial charge on any atom is -0.497 e. The van der Waals surface area contributed by atoms with Crippen LogP contribution in [0, 0.1) is 5.92 Å². The molecule has 282 valence electrons. The van der Waals surface area contributed by atoms with Crippen LogP contribution in [0.2, 0.25) is 0 Å². The molecule has 3 aromatic carbocycles. The number of ether oxygens (including phenoxy) is 2. The number of hydrogen-bond donors (Lipinski definition) is 3. The quantitative estimate of drug-likeness (QED) is 0.246. The maximum absolute atomic E-state index is 14.2. The summed E-state index contributed by atoms with van der Waals surface area (Å²) in [5.41, 5.74) is 0.780. The van der Waals surface area contributed by atoms with Gasteiger partial charge >= 0.3 is 0 Å². The van der Waals surface area contributed by atoms with Crippen LogP contribution in [0.15, 0.2) is 83.8 Å². The van der Waals surface area contributed by atoms with Crippen molar-refractivity contribution in [3.05, 3.63) is 78.9 Å². The van der Waals surface area contributed by atoms with Crippen molar-refractivity contribution < 1.29 is 37.1 Å². The largest absolute Gasteiger partial charge is 0.497 e. The van der Waals surface area contributed by atoms with E-state index in [1.54, 1.807) is 13.2 Å². The lowest BCUT2D eigenvalue weighted by molar-refractivity contribution is -0.138. The number of sulfonamides is 1. The zero-order valence-corrected chi connectivity index (χ0v) is 31.0. The van der Waals surface area contributed by atoms with Crippen LogP contribution in [-0.4, -0.2) is 73.3 Å². The molecule has 0 spiro atoms. The SMILES string of the molecule is COc1ccc2c(O[C@@H]3C[C@@H](C(=O)N[C@]45C[C@H]4CCCCCCC(=O)Nc4ccccc4S(=O)(=O)NC5=O)N(C(C)=O)C3)cc(-c3ccccc3)nc2c1. The van der Waals surface area contributed by atoms with E-state index < -0.39 is 39.5 Å². The normalized spacial score (nSPS) is 24.1. The van der Waals surface area contributed by atoms with E-state index in [1.807, 2.05) is 54.6 Å². The van der Waals surface area contributed by atoms with E-state index in [0.29, 0.717) is 35.6 Å². The number of nitrogens with one attached hydrogen (secondary N) is 3. The Kier molecular flexibility index (Phi) is 10.3. The van der Waals surface area contributed by atoms with Crippen molar-refractivity contribution in [3.63, 3.8) is 0 Å². The predicted octanol–water partition coefficient (Wildman–Crippen LogP) is 4.95. The number of hydrogen-bond acceptors (Lipinski definition) is 9. The van der Waals surface area contributed by atoms with Crippen LogP contribution in [0.3, 0.4) is 0 Å². The number of likely N-dealkylation sites (tertiary alicyclic amines) is 1. The highest BCUT2D eigenvalue weighted by atomic mass is 32.2. The van der Waals surface area contributed by atoms with Gasteiger partial charge in [0.25, 0.3) is 15.9 Å². The van der Waals surface area contributed by atoms with E-state index in [9.17, 15) is 27.6 Å². The Balaban J connectivity index is 1.14. The lowest BCUT2D eigenvalue weighted by Gasteiger charge is -2.26.